The molecular weight excluding hydrogens is 1880 g/mol. The number of unbranched alkanes of at least 4 members (excludes halogenated alkanes) is 14. The minimum Gasteiger partial charge on any atom is -0.469 e. The van der Waals surface area contributed by atoms with Crippen molar-refractivity contribution >= 4 is 112 Å². The number of carbonyl (C=O) groups excluding carboxylic acids is 19. The Labute approximate surface area is 841 Å². The van der Waals surface area contributed by atoms with Crippen LogP contribution in [-0.4, -0.2) is 385 Å². The van der Waals surface area contributed by atoms with E-state index in [4.69, 9.17) is 47.4 Å². The van der Waals surface area contributed by atoms with Gasteiger partial charge in [0.2, 0.25) is 11.8 Å². The van der Waals surface area contributed by atoms with E-state index in [0.29, 0.717) is 129 Å². The third-order valence-corrected chi connectivity index (χ3v) is 17.0. The molecule has 0 aliphatic heterocycles. The first kappa shape index (κ1) is 153. The Morgan fingerprint density at radius 2 is 0.444 bits per heavy atom. The zero-order chi connectivity index (χ0) is 109. The van der Waals surface area contributed by atoms with Gasteiger partial charge in [-0.2, -0.15) is 0 Å². The van der Waals surface area contributed by atoms with Gasteiger partial charge in [-0.3, -0.25) is 57.5 Å². The van der Waals surface area contributed by atoms with Crippen molar-refractivity contribution in [3.05, 3.63) is 0 Å². The van der Waals surface area contributed by atoms with Crippen molar-refractivity contribution < 1.29 is 205 Å². The van der Waals surface area contributed by atoms with Crippen LogP contribution in [0.5, 0.6) is 0 Å². The first-order valence-electron chi connectivity index (χ1n) is 47.3. The van der Waals surface area contributed by atoms with Gasteiger partial charge in [-0.15, -0.1) is 0 Å². The van der Waals surface area contributed by atoms with Gasteiger partial charge in [0.15, 0.2) is 23.1 Å². The average Bonchev–Trinajstić information content (AvgIpc) is 1.04. The van der Waals surface area contributed by atoms with Crippen LogP contribution < -0.4 is 16.0 Å². The molecule has 3 N–H and O–H groups in total. The summed E-state index contributed by atoms with van der Waals surface area (Å²) < 4.78 is 112. The van der Waals surface area contributed by atoms with Crippen molar-refractivity contribution in [2.45, 2.75) is 239 Å². The van der Waals surface area contributed by atoms with E-state index in [1.165, 1.54) is 92.4 Å². The van der Waals surface area contributed by atoms with Crippen LogP contribution in [0.2, 0.25) is 0 Å². The molecule has 0 aromatic heterocycles. The molecule has 0 spiro atoms. The number of amides is 3. The molecule has 834 valence electrons. The van der Waals surface area contributed by atoms with Gasteiger partial charge >= 0.3 is 65.8 Å². The number of esters is 10. The normalized spacial score (nSPS) is 9.80. The molecule has 0 heterocycles. The smallest absolute Gasteiger partial charge is 0.406 e. The van der Waals surface area contributed by atoms with E-state index in [9.17, 15) is 91.1 Å². The van der Waals surface area contributed by atoms with Crippen LogP contribution in [0.4, 0.5) is 4.79 Å². The minimum absolute atomic E-state index is 0.00175. The predicted molar refractivity (Wildman–Crippen MR) is 518 cm³/mol. The molecule has 0 bridgehead atoms. The molecule has 0 atom stereocenters. The monoisotopic (exact) mass is 2060 g/mol. The highest BCUT2D eigenvalue weighted by Crippen LogP contribution is 2.12. The zero-order valence-corrected chi connectivity index (χ0v) is 88.9. The number of alkyl carbamates (subject to hydrolysis) is 1. The second-order valence-corrected chi connectivity index (χ2v) is 29.2. The van der Waals surface area contributed by atoms with E-state index >= 15 is 0 Å². The fraction of sp³-hybridized carbons (Fsp3) is 0.802. The van der Waals surface area contributed by atoms with Crippen LogP contribution in [0, 0.1) is 0 Å². The SMILES string of the molecule is CCC(=O)CCCCCCCC(=O)COC.CCC(=O)CCOC(=O)COC.CCCCOCCOC(=O)COC.CNC(=O)CCC(=O)COC.CNC(=O)CCCCCOC(=O)COC.COCC(=O)CCCCC(=O)OC.COCC(=O)CCCCCCCCC(=O)OC.COCC(=O)OCCCCC(=O)OC.COCC(=O)OCCOCCC(=O)OC.COCC(=O)OCCOCCNC(=O)OC. The van der Waals surface area contributed by atoms with Gasteiger partial charge in [0.25, 0.3) is 0 Å². The van der Waals surface area contributed by atoms with Crippen molar-refractivity contribution in [3.63, 3.8) is 0 Å². The Morgan fingerprint density at radius 1 is 0.190 bits per heavy atom. The molecule has 0 saturated heterocycles. The number of Topliss-reactive ketones (excluding diaryl/α,β-unsaturated/α-hetero) is 6. The molecule has 0 aliphatic carbocycles. The molecule has 0 saturated carbocycles. The lowest BCUT2D eigenvalue weighted by molar-refractivity contribution is -0.150. The van der Waals surface area contributed by atoms with Crippen molar-refractivity contribution in [1.82, 2.24) is 16.0 Å². The van der Waals surface area contributed by atoms with Crippen LogP contribution in [0.3, 0.4) is 0 Å². The highest BCUT2D eigenvalue weighted by Gasteiger charge is 2.12. The van der Waals surface area contributed by atoms with Crippen LogP contribution in [-0.2, 0) is 200 Å². The number of rotatable bonds is 79. The van der Waals surface area contributed by atoms with Gasteiger partial charge in [0.1, 0.15) is 97.5 Å². The first-order valence-corrected chi connectivity index (χ1v) is 47.3. The number of carbonyl (C=O) groups is 19. The van der Waals surface area contributed by atoms with Gasteiger partial charge in [-0.05, 0) is 77.0 Å². The molecule has 0 unspecified atom stereocenters. The van der Waals surface area contributed by atoms with Crippen molar-refractivity contribution in [2.24, 2.45) is 0 Å². The summed E-state index contributed by atoms with van der Waals surface area (Å²) in [5, 5.41) is 7.42. The number of hydrogen-bond donors (Lipinski definition) is 3. The number of nitrogens with one attached hydrogen (secondary N) is 3. The van der Waals surface area contributed by atoms with Crippen molar-refractivity contribution in [2.75, 3.05) is 273 Å². The summed E-state index contributed by atoms with van der Waals surface area (Å²) in [7, 11) is 24.5. The zero-order valence-electron chi connectivity index (χ0n) is 88.9. The summed E-state index contributed by atoms with van der Waals surface area (Å²) in [6.45, 7) is 10.5. The van der Waals surface area contributed by atoms with Gasteiger partial charge < -0.3 is 130 Å². The van der Waals surface area contributed by atoms with Crippen LogP contribution >= 0.6 is 0 Å². The third kappa shape index (κ3) is 148. The Morgan fingerprint density at radius 3 is 0.775 bits per heavy atom. The van der Waals surface area contributed by atoms with E-state index in [1.807, 2.05) is 6.92 Å². The van der Waals surface area contributed by atoms with E-state index in [-0.39, 0.29) is 207 Å². The number of methoxy groups -OCH3 is 15. The van der Waals surface area contributed by atoms with Crippen molar-refractivity contribution in [3.8, 4) is 0 Å². The molecule has 0 aromatic rings. The highest BCUT2D eigenvalue weighted by atomic mass is 16.6. The Balaban J connectivity index is -0.000000171. The van der Waals surface area contributed by atoms with Crippen LogP contribution in [0.25, 0.3) is 0 Å². The summed E-state index contributed by atoms with van der Waals surface area (Å²) in [5.41, 5.74) is 0. The maximum absolute atomic E-state index is 11.1. The largest absolute Gasteiger partial charge is 0.469 e. The molecule has 0 fully saturated rings. The van der Waals surface area contributed by atoms with Crippen molar-refractivity contribution in [1.29, 1.82) is 0 Å². The molecule has 3 amide bonds. The Kier molecular flexibility index (Phi) is 139. The first-order chi connectivity index (χ1) is 68.1. The number of ether oxygens (including phenoxy) is 24. The molecule has 0 rings (SSSR count). The lowest BCUT2D eigenvalue weighted by Gasteiger charge is -2.06. The van der Waals surface area contributed by atoms with E-state index < -0.39 is 24.0 Å². The fourth-order valence-corrected chi connectivity index (χ4v) is 9.45. The standard InChI is InChI=1S/C13H24O4.C13H24O3.C10H19NO4.C9H17NO6.C9H16O6.C9H16O5.C9H16O4.C9H18O4.C8H14O4.C7H13NO3/c1-16-11-12(14)9-7-5-3-4-6-8-10-13(15)17-2;1-3-12(14)9-7-5-4-6-8-10-13(15)11-16-2;1-11-9(12)6-4-3-5-7-15-10(13)8-14-2;1-13-7-8(11)16-6-5-15-4-3-10-9(12)14-2;1-12-7-9(11)15-6-5-14-4-3-8(10)13-2;1-12-7-9(11)14-6-4-3-5-8(10)13-2;1-12-7-8(10)5-3-4-6-9(11)13-2;1-3-4-5-12-6-7-13-9(10)8-11-2;1-3-7(9)4-5-12-8(10)6-11-2;1-8-7(10)4-3-6(9)5-11-2/h3-11H2,1-2H3;3-11H2,1-2H3;3-8H2,1-2H3,(H,11,12);3-7H2,1-2H3,(H,10,12);3-7H2,1-2H3;3-7H2,1-2H3;3-7H2,1-2H3;3-8H2,1-2H3;3-6H2,1-2H3;3-5H2,1-2H3,(H,8,10). The average molecular weight is 2060 g/mol. The molecule has 0 aliphatic rings. The van der Waals surface area contributed by atoms with Crippen LogP contribution in [0.1, 0.15) is 239 Å². The van der Waals surface area contributed by atoms with Gasteiger partial charge in [-0.25, -0.2) is 33.6 Å². The number of ketones is 6. The summed E-state index contributed by atoms with van der Waals surface area (Å²) in [4.78, 5) is 205. The van der Waals surface area contributed by atoms with Crippen LogP contribution in [0.15, 0.2) is 0 Å². The predicted octanol–water partition coefficient (Wildman–Crippen LogP) is 7.91. The topological polar surface area (TPSA) is 582 Å². The van der Waals surface area contributed by atoms with Gasteiger partial charge in [-0.1, -0.05) is 72.1 Å². The summed E-state index contributed by atoms with van der Waals surface area (Å²) in [6.07, 6.45) is 24.7. The molecule has 0 aromatic carbocycles. The summed E-state index contributed by atoms with van der Waals surface area (Å²) in [5.74, 6) is -2.51. The summed E-state index contributed by atoms with van der Waals surface area (Å²) >= 11 is 0. The number of hydrogen-bond acceptors (Lipinski definition) is 43. The highest BCUT2D eigenvalue weighted by molar-refractivity contribution is 5.86. The van der Waals surface area contributed by atoms with E-state index in [2.05, 4.69) is 89.2 Å². The molecule has 142 heavy (non-hydrogen) atoms. The molecule has 0 radical (unpaired) electrons. The molecule has 46 nitrogen and oxygen atoms in total. The summed E-state index contributed by atoms with van der Waals surface area (Å²) in [6, 6.07) is 0. The molecular formula is C96H177N3O43. The quantitative estimate of drug-likeness (QED) is 0.0295. The molecule has 46 heteroatoms. The lowest BCUT2D eigenvalue weighted by atomic mass is 10.1. The maximum Gasteiger partial charge on any atom is 0.406 e. The third-order valence-electron chi connectivity index (χ3n) is 17.0. The Bertz CT molecular complexity index is 3000. The van der Waals surface area contributed by atoms with E-state index in [0.717, 1.165) is 122 Å². The second kappa shape index (κ2) is 129. The lowest BCUT2D eigenvalue weighted by Crippen LogP contribution is -2.27. The fourth-order valence-electron chi connectivity index (χ4n) is 9.45. The van der Waals surface area contributed by atoms with Gasteiger partial charge in [0, 0.05) is 182 Å². The second-order valence-electron chi connectivity index (χ2n) is 29.2. The van der Waals surface area contributed by atoms with E-state index in [1.54, 1.807) is 35.2 Å². The minimum atomic E-state index is -0.505. The van der Waals surface area contributed by atoms with Gasteiger partial charge in [0.05, 0.1) is 94.8 Å². The Hall–Kier alpha value is -9.59. The maximum atomic E-state index is 11.1.